The predicted octanol–water partition coefficient (Wildman–Crippen LogP) is 2.12. The second kappa shape index (κ2) is 6.02. The van der Waals surface area contributed by atoms with Crippen molar-refractivity contribution in [2.24, 2.45) is 5.10 Å². The molecule has 0 radical (unpaired) electrons. The minimum atomic E-state index is -0.475. The van der Waals surface area contributed by atoms with E-state index in [2.05, 4.69) is 15.5 Å². The fraction of sp³-hybridized carbons (Fsp3) is 0.0833. The molecule has 0 aliphatic rings. The summed E-state index contributed by atoms with van der Waals surface area (Å²) in [5, 5.41) is 14.3. The van der Waals surface area contributed by atoms with Crippen molar-refractivity contribution in [3.63, 3.8) is 0 Å². The molecular formula is C12H10N4O3S. The number of aryl methyl sites for hydroxylation is 1. The zero-order valence-electron chi connectivity index (χ0n) is 10.4. The fourth-order valence-corrected chi connectivity index (χ4v) is 2.08. The van der Waals surface area contributed by atoms with Gasteiger partial charge in [-0.1, -0.05) is 17.4 Å². The van der Waals surface area contributed by atoms with Crippen LogP contribution in [0.15, 0.2) is 35.4 Å². The number of amides is 1. The van der Waals surface area contributed by atoms with Gasteiger partial charge in [-0.2, -0.15) is 5.10 Å². The van der Waals surface area contributed by atoms with Crippen molar-refractivity contribution in [3.8, 4) is 0 Å². The van der Waals surface area contributed by atoms with Gasteiger partial charge in [0.15, 0.2) is 0 Å². The number of hydrogen-bond acceptors (Lipinski definition) is 6. The summed E-state index contributed by atoms with van der Waals surface area (Å²) in [6.45, 7) is 1.78. The van der Waals surface area contributed by atoms with Crippen LogP contribution in [0, 0.1) is 17.0 Å². The Morgan fingerprint density at radius 1 is 1.45 bits per heavy atom. The molecule has 0 saturated heterocycles. The van der Waals surface area contributed by atoms with Crippen molar-refractivity contribution in [1.82, 2.24) is 10.4 Å². The molecule has 0 aliphatic carbocycles. The van der Waals surface area contributed by atoms with Crippen LogP contribution in [0.5, 0.6) is 0 Å². The lowest BCUT2D eigenvalue weighted by Crippen LogP contribution is -2.19. The number of hydrazone groups is 1. The summed E-state index contributed by atoms with van der Waals surface area (Å²) < 4.78 is 0. The van der Waals surface area contributed by atoms with Gasteiger partial charge in [0.05, 0.1) is 16.0 Å². The molecule has 2 aromatic heterocycles. The molecule has 1 N–H and O–H groups in total. The van der Waals surface area contributed by atoms with Crippen molar-refractivity contribution >= 4 is 28.5 Å². The summed E-state index contributed by atoms with van der Waals surface area (Å²) in [5.74, 6) is -0.434. The largest absolute Gasteiger partial charge is 0.324 e. The van der Waals surface area contributed by atoms with Crippen LogP contribution in [0.25, 0.3) is 0 Å². The SMILES string of the molecule is Cc1cccc(C(=O)N/N=C/c2ccc([N+](=O)[O-])s2)n1. The molecular weight excluding hydrogens is 280 g/mol. The molecule has 2 heterocycles. The maximum absolute atomic E-state index is 11.7. The highest BCUT2D eigenvalue weighted by Crippen LogP contribution is 2.22. The monoisotopic (exact) mass is 290 g/mol. The van der Waals surface area contributed by atoms with Crippen LogP contribution in [-0.2, 0) is 0 Å². The van der Waals surface area contributed by atoms with Crippen LogP contribution in [0.4, 0.5) is 5.00 Å². The van der Waals surface area contributed by atoms with Gasteiger partial charge in [0.2, 0.25) is 0 Å². The van der Waals surface area contributed by atoms with Crippen molar-refractivity contribution in [3.05, 3.63) is 56.7 Å². The highest BCUT2D eigenvalue weighted by molar-refractivity contribution is 7.16. The normalized spacial score (nSPS) is 10.7. The molecule has 2 rings (SSSR count). The Balaban J connectivity index is 1.99. The van der Waals surface area contributed by atoms with Gasteiger partial charge in [0.1, 0.15) is 5.69 Å². The van der Waals surface area contributed by atoms with Crippen LogP contribution < -0.4 is 5.43 Å². The number of carbonyl (C=O) groups excluding carboxylic acids is 1. The molecule has 0 unspecified atom stereocenters. The summed E-state index contributed by atoms with van der Waals surface area (Å²) in [4.78, 5) is 26.4. The van der Waals surface area contributed by atoms with Crippen LogP contribution in [0.1, 0.15) is 21.1 Å². The summed E-state index contributed by atoms with van der Waals surface area (Å²) in [6, 6.07) is 8.03. The summed E-state index contributed by atoms with van der Waals surface area (Å²) in [5.41, 5.74) is 3.31. The Kier molecular flexibility index (Phi) is 4.16. The minimum Gasteiger partial charge on any atom is -0.266 e. The van der Waals surface area contributed by atoms with Gasteiger partial charge in [0, 0.05) is 11.8 Å². The molecule has 0 atom stereocenters. The Bertz CT molecular complexity index is 681. The Hall–Kier alpha value is -2.61. The van der Waals surface area contributed by atoms with E-state index >= 15 is 0 Å². The van der Waals surface area contributed by atoms with Gasteiger partial charge in [-0.3, -0.25) is 14.9 Å². The first-order chi connectivity index (χ1) is 9.56. The second-order valence-electron chi connectivity index (χ2n) is 3.80. The number of hydrogen-bond donors (Lipinski definition) is 1. The number of aromatic nitrogens is 1. The van der Waals surface area contributed by atoms with E-state index in [0.717, 1.165) is 17.0 Å². The predicted molar refractivity (Wildman–Crippen MR) is 75.0 cm³/mol. The quantitative estimate of drug-likeness (QED) is 0.529. The molecule has 0 bridgehead atoms. The minimum absolute atomic E-state index is 0.0260. The van der Waals surface area contributed by atoms with Crippen molar-refractivity contribution in [1.29, 1.82) is 0 Å². The number of thiophene rings is 1. The van der Waals surface area contributed by atoms with Crippen molar-refractivity contribution < 1.29 is 9.72 Å². The average molecular weight is 290 g/mol. The van der Waals surface area contributed by atoms with Gasteiger partial charge >= 0.3 is 5.00 Å². The van der Waals surface area contributed by atoms with E-state index in [4.69, 9.17) is 0 Å². The lowest BCUT2D eigenvalue weighted by atomic mass is 10.3. The third kappa shape index (κ3) is 3.45. The zero-order valence-corrected chi connectivity index (χ0v) is 11.3. The molecule has 0 spiro atoms. The summed E-state index contributed by atoms with van der Waals surface area (Å²) in [6.07, 6.45) is 1.35. The van der Waals surface area contributed by atoms with Crippen molar-refractivity contribution in [2.75, 3.05) is 0 Å². The third-order valence-corrected chi connectivity index (χ3v) is 3.24. The van der Waals surface area contributed by atoms with E-state index in [-0.39, 0.29) is 10.7 Å². The van der Waals surface area contributed by atoms with Crippen molar-refractivity contribution in [2.45, 2.75) is 6.92 Å². The van der Waals surface area contributed by atoms with E-state index in [1.54, 1.807) is 31.2 Å². The molecule has 8 heteroatoms. The molecule has 1 amide bonds. The molecule has 0 aliphatic heterocycles. The summed E-state index contributed by atoms with van der Waals surface area (Å²) >= 11 is 0.976. The first kappa shape index (κ1) is 13.8. The summed E-state index contributed by atoms with van der Waals surface area (Å²) in [7, 11) is 0. The van der Waals surface area contributed by atoms with Crippen LogP contribution in [0.3, 0.4) is 0 Å². The fourth-order valence-electron chi connectivity index (χ4n) is 1.39. The van der Waals surface area contributed by atoms with Gasteiger partial charge in [-0.25, -0.2) is 10.4 Å². The Labute approximate surface area is 118 Å². The first-order valence-electron chi connectivity index (χ1n) is 5.57. The average Bonchev–Trinajstić information content (AvgIpc) is 2.87. The first-order valence-corrected chi connectivity index (χ1v) is 6.39. The number of nitro groups is 1. The van der Waals surface area contributed by atoms with E-state index in [1.165, 1.54) is 12.3 Å². The van der Waals surface area contributed by atoms with Crippen LogP contribution >= 0.6 is 11.3 Å². The Morgan fingerprint density at radius 2 is 2.25 bits per heavy atom. The van der Waals surface area contributed by atoms with Gasteiger partial charge in [-0.05, 0) is 25.1 Å². The zero-order chi connectivity index (χ0) is 14.5. The van der Waals surface area contributed by atoms with Gasteiger partial charge in [0.25, 0.3) is 5.91 Å². The molecule has 0 fully saturated rings. The van der Waals surface area contributed by atoms with E-state index in [0.29, 0.717) is 4.88 Å². The Morgan fingerprint density at radius 3 is 2.90 bits per heavy atom. The van der Waals surface area contributed by atoms with Gasteiger partial charge in [-0.15, -0.1) is 0 Å². The molecule has 0 saturated carbocycles. The highest BCUT2D eigenvalue weighted by Gasteiger charge is 2.08. The number of rotatable bonds is 4. The van der Waals surface area contributed by atoms with E-state index < -0.39 is 10.8 Å². The molecule has 102 valence electrons. The standard InChI is InChI=1S/C12H10N4O3S/c1-8-3-2-4-10(14-8)12(17)15-13-7-9-5-6-11(20-9)16(18)19/h2-7H,1H3,(H,15,17)/b13-7+. The highest BCUT2D eigenvalue weighted by atomic mass is 32.1. The molecule has 20 heavy (non-hydrogen) atoms. The number of carbonyl (C=O) groups is 1. The maximum atomic E-state index is 11.7. The lowest BCUT2D eigenvalue weighted by Gasteiger charge is -1.99. The van der Waals surface area contributed by atoms with Crippen LogP contribution in [-0.4, -0.2) is 22.0 Å². The number of nitrogens with zero attached hydrogens (tertiary/aromatic N) is 3. The van der Waals surface area contributed by atoms with Gasteiger partial charge < -0.3 is 0 Å². The molecule has 0 aromatic carbocycles. The molecule has 2 aromatic rings. The van der Waals surface area contributed by atoms with E-state index in [1.807, 2.05) is 0 Å². The maximum Gasteiger partial charge on any atom is 0.324 e. The lowest BCUT2D eigenvalue weighted by molar-refractivity contribution is -0.380. The number of pyridine rings is 1. The number of nitrogens with one attached hydrogen (secondary N) is 1. The second-order valence-corrected chi connectivity index (χ2v) is 4.89. The molecule has 7 nitrogen and oxygen atoms in total. The van der Waals surface area contributed by atoms with Crippen LogP contribution in [0.2, 0.25) is 0 Å². The van der Waals surface area contributed by atoms with E-state index in [9.17, 15) is 14.9 Å². The smallest absolute Gasteiger partial charge is 0.266 e. The topological polar surface area (TPSA) is 97.5 Å². The third-order valence-electron chi connectivity index (χ3n) is 2.27.